The monoisotopic (exact) mass is 618 g/mol. The highest BCUT2D eigenvalue weighted by molar-refractivity contribution is 7.88. The third kappa shape index (κ3) is 10.6. The molecule has 0 saturated carbocycles. The van der Waals surface area contributed by atoms with Crippen molar-refractivity contribution in [3.8, 4) is 17.4 Å². The maximum atomic E-state index is 13.0. The minimum Gasteiger partial charge on any atom is -0.491 e. The zero-order valence-electron chi connectivity index (χ0n) is 21.5. The van der Waals surface area contributed by atoms with E-state index in [-0.39, 0.29) is 43.5 Å². The van der Waals surface area contributed by atoms with Gasteiger partial charge in [-0.05, 0) is 30.3 Å². The van der Waals surface area contributed by atoms with Crippen molar-refractivity contribution in [2.75, 3.05) is 38.7 Å². The molecule has 0 fully saturated rings. The molecule has 222 valence electrons. The van der Waals surface area contributed by atoms with Crippen molar-refractivity contribution in [3.63, 3.8) is 0 Å². The summed E-state index contributed by atoms with van der Waals surface area (Å²) in [6, 6.07) is 14.1. The summed E-state index contributed by atoms with van der Waals surface area (Å²) in [7, 11) is -2.75. The average Bonchev–Trinajstić information content (AvgIpc) is 2.91. The van der Waals surface area contributed by atoms with Crippen molar-refractivity contribution < 1.29 is 45.3 Å². The number of amides is 1. The summed E-state index contributed by atoms with van der Waals surface area (Å²) >= 11 is 5.96. The van der Waals surface area contributed by atoms with E-state index >= 15 is 0 Å². The van der Waals surface area contributed by atoms with Crippen LogP contribution in [0.1, 0.15) is 11.1 Å². The highest BCUT2D eigenvalue weighted by Gasteiger charge is 2.32. The number of anilines is 1. The van der Waals surface area contributed by atoms with Gasteiger partial charge in [0.25, 0.3) is 0 Å². The minimum atomic E-state index is -4.66. The van der Waals surface area contributed by atoms with Crippen molar-refractivity contribution in [2.45, 2.75) is 12.8 Å². The van der Waals surface area contributed by atoms with E-state index in [9.17, 15) is 26.4 Å². The van der Waals surface area contributed by atoms with Gasteiger partial charge in [0, 0.05) is 43.7 Å². The predicted molar refractivity (Wildman–Crippen MR) is 143 cm³/mol. The second-order valence-electron chi connectivity index (χ2n) is 8.09. The zero-order chi connectivity index (χ0) is 29.9. The molecule has 0 saturated heterocycles. The number of hydrogen-bond acceptors (Lipinski definition) is 9. The summed E-state index contributed by atoms with van der Waals surface area (Å²) in [5.74, 6) is -0.0747. The van der Waals surface area contributed by atoms with Gasteiger partial charge in [0.15, 0.2) is 0 Å². The van der Waals surface area contributed by atoms with Crippen LogP contribution in [-0.4, -0.2) is 52.9 Å². The van der Waals surface area contributed by atoms with Gasteiger partial charge in [0.05, 0.1) is 12.2 Å². The first-order valence-electron chi connectivity index (χ1n) is 11.8. The Morgan fingerprint density at radius 3 is 2.49 bits per heavy atom. The van der Waals surface area contributed by atoms with Crippen molar-refractivity contribution in [1.29, 1.82) is 0 Å². The first-order chi connectivity index (χ1) is 19.5. The summed E-state index contributed by atoms with van der Waals surface area (Å²) in [6.07, 6.45) is -5.40. The Kier molecular flexibility index (Phi) is 11.4. The maximum Gasteiger partial charge on any atom is 0.422 e. The molecular formula is C25H26ClF3N4O7S. The Morgan fingerprint density at radius 2 is 1.80 bits per heavy atom. The number of nitrogens with zero attached hydrogens (tertiary/aromatic N) is 1. The number of carbonyl (C=O) groups excluding carboxylic acids is 1. The molecule has 0 aliphatic rings. The van der Waals surface area contributed by atoms with Gasteiger partial charge in [-0.3, -0.25) is 0 Å². The molecule has 0 radical (unpaired) electrons. The fourth-order valence-corrected chi connectivity index (χ4v) is 4.03. The summed E-state index contributed by atoms with van der Waals surface area (Å²) in [5.41, 5.74) is -0.0770. The number of halogens is 4. The van der Waals surface area contributed by atoms with Crippen LogP contribution in [0.3, 0.4) is 0 Å². The van der Waals surface area contributed by atoms with Gasteiger partial charge in [0.2, 0.25) is 5.88 Å². The molecular weight excluding hydrogens is 593 g/mol. The number of nitrogens with one attached hydrogen (secondary N) is 3. The molecule has 0 unspecified atom stereocenters. The molecule has 3 N–H and O–H groups in total. The fraction of sp³-hybridized carbons (Fsp3) is 0.280. The first-order valence-corrected chi connectivity index (χ1v) is 13.7. The molecule has 3 aromatic rings. The highest BCUT2D eigenvalue weighted by Crippen LogP contribution is 2.36. The molecule has 11 nitrogen and oxygen atoms in total. The van der Waals surface area contributed by atoms with Gasteiger partial charge in [-0.15, -0.1) is 0 Å². The van der Waals surface area contributed by atoms with E-state index in [1.165, 1.54) is 25.3 Å². The van der Waals surface area contributed by atoms with Gasteiger partial charge in [-0.1, -0.05) is 29.8 Å². The number of ether oxygens (including phenoxy) is 4. The van der Waals surface area contributed by atoms with Gasteiger partial charge < -0.3 is 24.3 Å². The van der Waals surface area contributed by atoms with Crippen LogP contribution in [0.2, 0.25) is 5.02 Å². The second kappa shape index (κ2) is 14.7. The van der Waals surface area contributed by atoms with Crippen LogP contribution in [0.5, 0.6) is 17.4 Å². The standard InChI is InChI=1S/C25H26ClF3N4O7S/c1-37-11-12-38-20-8-7-17(22(14-20)40-23-21(26)13-18(15-31-23)25(27,28)29)16-39-24(34)33-41(35,36)32-10-9-30-19-5-3-2-4-6-19/h2-8,13-15,30,32H,9-12,16H2,1H3,(H,33,34). The molecule has 0 aliphatic carbocycles. The van der Waals surface area contributed by atoms with Crippen LogP contribution >= 0.6 is 11.6 Å². The number of hydrogen-bond donors (Lipinski definition) is 3. The number of benzene rings is 2. The number of rotatable bonds is 14. The molecule has 0 atom stereocenters. The van der Waals surface area contributed by atoms with Crippen LogP contribution in [0.25, 0.3) is 0 Å². The molecule has 1 aromatic heterocycles. The number of carbonyl (C=O) groups is 1. The molecule has 0 spiro atoms. The number of pyridine rings is 1. The Labute approximate surface area is 239 Å². The van der Waals surface area contributed by atoms with E-state index in [1.807, 2.05) is 30.3 Å². The molecule has 3 rings (SSSR count). The van der Waals surface area contributed by atoms with Crippen LogP contribution in [0, 0.1) is 0 Å². The van der Waals surface area contributed by atoms with Crippen LogP contribution < -0.4 is 24.2 Å². The second-order valence-corrected chi connectivity index (χ2v) is 10.00. The minimum absolute atomic E-state index is 0.0187. The predicted octanol–water partition coefficient (Wildman–Crippen LogP) is 4.74. The van der Waals surface area contributed by atoms with E-state index in [1.54, 1.807) is 4.72 Å². The van der Waals surface area contributed by atoms with Crippen molar-refractivity contribution >= 4 is 33.6 Å². The van der Waals surface area contributed by atoms with Crippen LogP contribution in [-0.2, 0) is 32.5 Å². The van der Waals surface area contributed by atoms with Crippen LogP contribution in [0.15, 0.2) is 60.8 Å². The third-order valence-electron chi connectivity index (χ3n) is 5.03. The largest absolute Gasteiger partial charge is 0.491 e. The Bertz CT molecular complexity index is 1410. The molecule has 0 aliphatic heterocycles. The van der Waals surface area contributed by atoms with E-state index in [0.717, 1.165) is 5.69 Å². The first kappa shape index (κ1) is 31.7. The van der Waals surface area contributed by atoms with Gasteiger partial charge in [-0.2, -0.15) is 26.3 Å². The lowest BCUT2D eigenvalue weighted by Crippen LogP contribution is -2.42. The SMILES string of the molecule is COCCOc1ccc(COC(=O)NS(=O)(=O)NCCNc2ccccc2)c(Oc2ncc(C(F)(F)F)cc2Cl)c1. The van der Waals surface area contributed by atoms with E-state index < -0.39 is 39.7 Å². The third-order valence-corrected chi connectivity index (χ3v) is 6.32. The average molecular weight is 619 g/mol. The lowest BCUT2D eigenvalue weighted by molar-refractivity contribution is -0.137. The molecule has 2 aromatic carbocycles. The van der Waals surface area contributed by atoms with Gasteiger partial charge in [-0.25, -0.2) is 14.5 Å². The maximum absolute atomic E-state index is 13.0. The molecule has 16 heteroatoms. The number of alkyl halides is 3. The van der Waals surface area contributed by atoms with E-state index in [4.69, 9.17) is 30.5 Å². The topological polar surface area (TPSA) is 137 Å². The summed E-state index contributed by atoms with van der Waals surface area (Å²) < 4.78 is 88.3. The fourth-order valence-electron chi connectivity index (χ4n) is 3.11. The quantitative estimate of drug-likeness (QED) is 0.219. The Balaban J connectivity index is 1.63. The Morgan fingerprint density at radius 1 is 1.05 bits per heavy atom. The molecule has 41 heavy (non-hydrogen) atoms. The smallest absolute Gasteiger partial charge is 0.422 e. The lowest BCUT2D eigenvalue weighted by atomic mass is 10.2. The number of para-hydroxylation sites is 1. The Hall–Kier alpha value is -3.79. The summed E-state index contributed by atoms with van der Waals surface area (Å²) in [6.45, 7) is 0.196. The zero-order valence-corrected chi connectivity index (χ0v) is 23.1. The normalized spacial score (nSPS) is 11.5. The van der Waals surface area contributed by atoms with Crippen molar-refractivity contribution in [1.82, 2.24) is 14.4 Å². The van der Waals surface area contributed by atoms with Crippen molar-refractivity contribution in [3.05, 3.63) is 76.9 Å². The molecule has 0 bridgehead atoms. The number of aromatic nitrogens is 1. The molecule has 1 amide bonds. The number of methoxy groups -OCH3 is 1. The van der Waals surface area contributed by atoms with E-state index in [0.29, 0.717) is 18.0 Å². The summed E-state index contributed by atoms with van der Waals surface area (Å²) in [4.78, 5) is 15.8. The van der Waals surface area contributed by atoms with Crippen LogP contribution in [0.4, 0.5) is 23.7 Å². The van der Waals surface area contributed by atoms with E-state index in [2.05, 4.69) is 15.0 Å². The lowest BCUT2D eigenvalue weighted by Gasteiger charge is -2.15. The highest BCUT2D eigenvalue weighted by atomic mass is 35.5. The van der Waals surface area contributed by atoms with Gasteiger partial charge in [0.1, 0.15) is 29.7 Å². The van der Waals surface area contributed by atoms with Crippen molar-refractivity contribution in [2.24, 2.45) is 0 Å². The molecule has 1 heterocycles. The van der Waals surface area contributed by atoms with Gasteiger partial charge >= 0.3 is 22.5 Å². The summed E-state index contributed by atoms with van der Waals surface area (Å²) in [5, 5.41) is 2.58.